The smallest absolute Gasteiger partial charge is 0.306 e. The van der Waals surface area contributed by atoms with Crippen LogP contribution in [0, 0.1) is 0 Å². The van der Waals surface area contributed by atoms with E-state index >= 15 is 0 Å². The summed E-state index contributed by atoms with van der Waals surface area (Å²) in [6.45, 7) is 6.55. The van der Waals surface area contributed by atoms with Gasteiger partial charge in [0.2, 0.25) is 0 Å². The topological polar surface area (TPSA) is 78.9 Å². The maximum Gasteiger partial charge on any atom is 0.306 e. The summed E-state index contributed by atoms with van der Waals surface area (Å²) < 4.78 is 16.9. The SMILES string of the molecule is CC/C=C\C/C=C\C/C=C\CCCCCC(=O)OCC(COC(=O)CCCCCCCCCCCCCCCCCCCCC/C=C\C/C=C\CCCCCCC)OC(=O)CCCCCCCCCCCCCCCCCCCC. The summed E-state index contributed by atoms with van der Waals surface area (Å²) in [5.41, 5.74) is 0. The number of rotatable bonds is 65. The standard InChI is InChI=1S/C74H134O6/c1-4-7-10-13-16-19-22-25-27-29-31-32-33-34-35-36-37-38-39-40-41-42-43-45-46-49-52-55-58-61-64-67-73(76)79-70-71(69-78-72(75)66-63-60-57-54-51-48-24-21-18-15-12-9-6-3)80-74(77)68-65-62-59-56-53-50-47-44-30-28-26-23-20-17-14-11-8-5-2/h9,12,18,21-22,25,29,31,48,51,71H,4-8,10-11,13-17,19-20,23-24,26-28,30,32-47,49-50,52-70H2,1-3H3/b12-9-,21-18-,25-22-,31-29-,51-48-. The average molecular weight is 1120 g/mol. The van der Waals surface area contributed by atoms with Crippen LogP contribution in [-0.4, -0.2) is 37.2 Å². The molecule has 466 valence electrons. The van der Waals surface area contributed by atoms with E-state index in [2.05, 4.69) is 81.5 Å². The van der Waals surface area contributed by atoms with Gasteiger partial charge >= 0.3 is 17.9 Å². The van der Waals surface area contributed by atoms with Crippen LogP contribution < -0.4 is 0 Å². The summed E-state index contributed by atoms with van der Waals surface area (Å²) in [4.78, 5) is 38.4. The molecule has 1 unspecified atom stereocenters. The van der Waals surface area contributed by atoms with Crippen LogP contribution in [0.15, 0.2) is 60.8 Å². The third kappa shape index (κ3) is 65.9. The van der Waals surface area contributed by atoms with E-state index in [1.165, 1.54) is 244 Å². The van der Waals surface area contributed by atoms with Gasteiger partial charge in [0.25, 0.3) is 0 Å². The summed E-state index contributed by atoms with van der Waals surface area (Å²) >= 11 is 0. The molecule has 0 radical (unpaired) electrons. The predicted molar refractivity (Wildman–Crippen MR) is 348 cm³/mol. The Kier molecular flexibility index (Phi) is 66.1. The van der Waals surface area contributed by atoms with Gasteiger partial charge in [-0.2, -0.15) is 0 Å². The van der Waals surface area contributed by atoms with Gasteiger partial charge in [0.1, 0.15) is 13.2 Å². The van der Waals surface area contributed by atoms with E-state index in [9.17, 15) is 14.4 Å². The first-order chi connectivity index (χ1) is 39.5. The molecule has 0 fully saturated rings. The van der Waals surface area contributed by atoms with Crippen LogP contribution in [0.1, 0.15) is 374 Å². The Morgan fingerprint density at radius 1 is 0.263 bits per heavy atom. The highest BCUT2D eigenvalue weighted by Gasteiger charge is 2.19. The number of unbranched alkanes of at least 4 members (excludes halogenated alkanes) is 44. The van der Waals surface area contributed by atoms with Gasteiger partial charge in [-0.25, -0.2) is 0 Å². The highest BCUT2D eigenvalue weighted by atomic mass is 16.6. The highest BCUT2D eigenvalue weighted by molar-refractivity contribution is 5.71. The van der Waals surface area contributed by atoms with Crippen LogP contribution in [0.2, 0.25) is 0 Å². The summed E-state index contributed by atoms with van der Waals surface area (Å²) in [5, 5.41) is 0. The second-order valence-corrected chi connectivity index (χ2v) is 23.8. The fourth-order valence-corrected chi connectivity index (χ4v) is 10.5. The van der Waals surface area contributed by atoms with Crippen molar-refractivity contribution < 1.29 is 28.6 Å². The molecule has 0 heterocycles. The summed E-state index contributed by atoms with van der Waals surface area (Å²) in [7, 11) is 0. The van der Waals surface area contributed by atoms with Crippen LogP contribution in [0.5, 0.6) is 0 Å². The predicted octanol–water partition coefficient (Wildman–Crippen LogP) is 24.3. The molecule has 6 heteroatoms. The minimum Gasteiger partial charge on any atom is -0.462 e. The Bertz CT molecular complexity index is 1430. The lowest BCUT2D eigenvalue weighted by molar-refractivity contribution is -0.167. The molecule has 0 aromatic heterocycles. The molecule has 0 aliphatic carbocycles. The van der Waals surface area contributed by atoms with Crippen molar-refractivity contribution in [1.29, 1.82) is 0 Å². The molecule has 6 nitrogen and oxygen atoms in total. The van der Waals surface area contributed by atoms with Crippen molar-refractivity contribution in [3.8, 4) is 0 Å². The maximum atomic E-state index is 12.9. The van der Waals surface area contributed by atoms with Crippen molar-refractivity contribution in [1.82, 2.24) is 0 Å². The first kappa shape index (κ1) is 77.1. The maximum absolute atomic E-state index is 12.9. The third-order valence-corrected chi connectivity index (χ3v) is 15.8. The summed E-state index contributed by atoms with van der Waals surface area (Å²) in [5.74, 6) is -0.885. The molecule has 0 aromatic carbocycles. The van der Waals surface area contributed by atoms with Gasteiger partial charge < -0.3 is 14.2 Å². The molecule has 1 atom stereocenters. The van der Waals surface area contributed by atoms with E-state index < -0.39 is 6.10 Å². The number of hydrogen-bond donors (Lipinski definition) is 0. The molecular formula is C74H134O6. The fraction of sp³-hybridized carbons (Fsp3) is 0.824. The Morgan fingerprint density at radius 2 is 0.487 bits per heavy atom. The second kappa shape index (κ2) is 68.6. The first-order valence-electron chi connectivity index (χ1n) is 35.3. The van der Waals surface area contributed by atoms with Crippen molar-refractivity contribution in [3.63, 3.8) is 0 Å². The van der Waals surface area contributed by atoms with Gasteiger partial charge in [0, 0.05) is 19.3 Å². The first-order valence-corrected chi connectivity index (χ1v) is 35.3. The van der Waals surface area contributed by atoms with E-state index in [0.717, 1.165) is 89.9 Å². The molecule has 0 rings (SSSR count). The van der Waals surface area contributed by atoms with Crippen molar-refractivity contribution >= 4 is 17.9 Å². The number of ether oxygens (including phenoxy) is 3. The number of carbonyl (C=O) groups is 3. The highest BCUT2D eigenvalue weighted by Crippen LogP contribution is 2.18. The van der Waals surface area contributed by atoms with Gasteiger partial charge in [0.05, 0.1) is 0 Å². The van der Waals surface area contributed by atoms with Gasteiger partial charge in [-0.3, -0.25) is 14.4 Å². The van der Waals surface area contributed by atoms with Gasteiger partial charge in [-0.1, -0.05) is 332 Å². The average Bonchev–Trinajstić information content (AvgIpc) is 3.46. The van der Waals surface area contributed by atoms with E-state index in [0.29, 0.717) is 19.3 Å². The zero-order valence-corrected chi connectivity index (χ0v) is 53.6. The number of carbonyl (C=O) groups excluding carboxylic acids is 3. The van der Waals surface area contributed by atoms with E-state index in [1.54, 1.807) is 0 Å². The lowest BCUT2D eigenvalue weighted by Gasteiger charge is -2.18. The zero-order valence-electron chi connectivity index (χ0n) is 53.6. The zero-order chi connectivity index (χ0) is 57.8. The number of allylic oxidation sites excluding steroid dienone is 10. The van der Waals surface area contributed by atoms with Crippen LogP contribution in [0.25, 0.3) is 0 Å². The third-order valence-electron chi connectivity index (χ3n) is 15.8. The van der Waals surface area contributed by atoms with Gasteiger partial charge in [-0.05, 0) is 83.5 Å². The number of hydrogen-bond acceptors (Lipinski definition) is 6. The van der Waals surface area contributed by atoms with Gasteiger partial charge in [0.15, 0.2) is 6.10 Å². The molecule has 0 saturated heterocycles. The van der Waals surface area contributed by atoms with E-state index in [-0.39, 0.29) is 31.1 Å². The van der Waals surface area contributed by atoms with Crippen molar-refractivity contribution in [2.24, 2.45) is 0 Å². The molecule has 0 amide bonds. The summed E-state index contributed by atoms with van der Waals surface area (Å²) in [6, 6.07) is 0. The minimum atomic E-state index is -0.784. The monoisotopic (exact) mass is 1120 g/mol. The molecular weight excluding hydrogens is 985 g/mol. The molecule has 0 aliphatic rings. The summed E-state index contributed by atoms with van der Waals surface area (Å²) in [6.07, 6.45) is 88.4. The molecule has 0 spiro atoms. The van der Waals surface area contributed by atoms with Crippen LogP contribution in [-0.2, 0) is 28.6 Å². The van der Waals surface area contributed by atoms with E-state index in [1.807, 2.05) is 0 Å². The molecule has 0 aliphatic heterocycles. The Hall–Kier alpha value is -2.89. The normalized spacial score (nSPS) is 12.4. The quantitative estimate of drug-likeness (QED) is 0.0261. The van der Waals surface area contributed by atoms with E-state index in [4.69, 9.17) is 14.2 Å². The Morgan fingerprint density at radius 3 is 0.775 bits per heavy atom. The van der Waals surface area contributed by atoms with Gasteiger partial charge in [-0.15, -0.1) is 0 Å². The molecule has 0 saturated carbocycles. The van der Waals surface area contributed by atoms with Crippen LogP contribution in [0.3, 0.4) is 0 Å². The van der Waals surface area contributed by atoms with Crippen molar-refractivity contribution in [2.75, 3.05) is 13.2 Å². The lowest BCUT2D eigenvalue weighted by atomic mass is 10.0. The molecule has 80 heavy (non-hydrogen) atoms. The second-order valence-electron chi connectivity index (χ2n) is 23.8. The molecule has 0 bridgehead atoms. The van der Waals surface area contributed by atoms with Crippen molar-refractivity contribution in [3.05, 3.63) is 60.8 Å². The van der Waals surface area contributed by atoms with Crippen LogP contribution >= 0.6 is 0 Å². The fourth-order valence-electron chi connectivity index (χ4n) is 10.5. The largest absolute Gasteiger partial charge is 0.462 e. The minimum absolute atomic E-state index is 0.0786. The van der Waals surface area contributed by atoms with Crippen LogP contribution in [0.4, 0.5) is 0 Å². The number of esters is 3. The molecule has 0 N–H and O–H groups in total. The van der Waals surface area contributed by atoms with Crippen molar-refractivity contribution in [2.45, 2.75) is 380 Å². The molecule has 0 aromatic rings. The lowest BCUT2D eigenvalue weighted by Crippen LogP contribution is -2.30. The Balaban J connectivity index is 4.17. The Labute approximate surface area is 498 Å².